The summed E-state index contributed by atoms with van der Waals surface area (Å²) in [5.41, 5.74) is 4.56. The molecule has 1 heterocycles. The van der Waals surface area contributed by atoms with Gasteiger partial charge in [0, 0.05) is 23.3 Å². The van der Waals surface area contributed by atoms with E-state index in [1.165, 1.54) is 12.1 Å². The van der Waals surface area contributed by atoms with Gasteiger partial charge in [-0.15, -0.1) is 0 Å². The highest BCUT2D eigenvalue weighted by atomic mass is 16.6. The summed E-state index contributed by atoms with van der Waals surface area (Å²) in [6, 6.07) is 11.0. The lowest BCUT2D eigenvalue weighted by Crippen LogP contribution is -2.29. The number of nitrogens with two attached hydrogens (primary N) is 1. The standard InChI is InChI=1S/C14H11N5O3/c15-18-14(20)9-3-6-11-12(7-9)17-13(16-11)8-1-4-10(5-2-8)19(21)22/h1-7H,15H2,(H,16,17)(H,18,20). The molecule has 0 bridgehead atoms. The molecule has 1 amide bonds. The fraction of sp³-hybridized carbons (Fsp3) is 0. The minimum atomic E-state index is -0.458. The summed E-state index contributed by atoms with van der Waals surface area (Å²) in [6.07, 6.45) is 0. The SMILES string of the molecule is NNC(=O)c1ccc2nc(-c3ccc([N+](=O)[O-])cc3)[nH]c2c1. The number of benzene rings is 2. The van der Waals surface area contributed by atoms with Crippen LogP contribution in [0.4, 0.5) is 5.69 Å². The van der Waals surface area contributed by atoms with Crippen molar-refractivity contribution in [2.24, 2.45) is 5.84 Å². The molecule has 0 aliphatic heterocycles. The highest BCUT2D eigenvalue weighted by molar-refractivity contribution is 5.97. The number of hydrazine groups is 1. The van der Waals surface area contributed by atoms with Gasteiger partial charge in [0.05, 0.1) is 16.0 Å². The molecule has 0 aliphatic carbocycles. The number of imidazole rings is 1. The molecule has 8 nitrogen and oxygen atoms in total. The highest BCUT2D eigenvalue weighted by Gasteiger charge is 2.10. The van der Waals surface area contributed by atoms with E-state index in [9.17, 15) is 14.9 Å². The number of nitro groups is 1. The average molecular weight is 297 g/mol. The van der Waals surface area contributed by atoms with Gasteiger partial charge in [0.2, 0.25) is 0 Å². The smallest absolute Gasteiger partial charge is 0.269 e. The molecule has 0 saturated heterocycles. The molecule has 0 saturated carbocycles. The number of hydrogen-bond donors (Lipinski definition) is 3. The van der Waals surface area contributed by atoms with E-state index in [4.69, 9.17) is 5.84 Å². The van der Waals surface area contributed by atoms with E-state index in [0.29, 0.717) is 28.0 Å². The fourth-order valence-electron chi connectivity index (χ4n) is 2.11. The second-order valence-corrected chi connectivity index (χ2v) is 4.59. The third-order valence-corrected chi connectivity index (χ3v) is 3.23. The first-order valence-electron chi connectivity index (χ1n) is 6.34. The monoisotopic (exact) mass is 297 g/mol. The van der Waals surface area contributed by atoms with Crippen molar-refractivity contribution in [1.29, 1.82) is 0 Å². The van der Waals surface area contributed by atoms with E-state index in [-0.39, 0.29) is 5.69 Å². The maximum absolute atomic E-state index is 11.5. The van der Waals surface area contributed by atoms with Crippen LogP contribution in [0.15, 0.2) is 42.5 Å². The first kappa shape index (κ1) is 13.7. The van der Waals surface area contributed by atoms with Gasteiger partial charge in [-0.2, -0.15) is 0 Å². The zero-order valence-electron chi connectivity index (χ0n) is 11.2. The number of nitrogens with one attached hydrogen (secondary N) is 2. The van der Waals surface area contributed by atoms with Crippen LogP contribution < -0.4 is 11.3 Å². The summed E-state index contributed by atoms with van der Waals surface area (Å²) >= 11 is 0. The fourth-order valence-corrected chi connectivity index (χ4v) is 2.11. The van der Waals surface area contributed by atoms with Gasteiger partial charge in [0.15, 0.2) is 0 Å². The second kappa shape index (κ2) is 5.26. The van der Waals surface area contributed by atoms with Crippen molar-refractivity contribution in [1.82, 2.24) is 15.4 Å². The Morgan fingerprint density at radius 3 is 2.59 bits per heavy atom. The van der Waals surface area contributed by atoms with Crippen molar-refractivity contribution in [3.05, 3.63) is 58.1 Å². The zero-order chi connectivity index (χ0) is 15.7. The van der Waals surface area contributed by atoms with Gasteiger partial charge in [0.25, 0.3) is 11.6 Å². The molecule has 0 radical (unpaired) electrons. The van der Waals surface area contributed by atoms with Crippen LogP contribution in [-0.2, 0) is 0 Å². The molecule has 0 fully saturated rings. The molecule has 3 rings (SSSR count). The Hall–Kier alpha value is -3.26. The number of nitrogen functional groups attached to an aromatic ring is 1. The Kier molecular flexibility index (Phi) is 3.28. The Morgan fingerprint density at radius 1 is 1.23 bits per heavy atom. The second-order valence-electron chi connectivity index (χ2n) is 4.59. The molecule has 0 unspecified atom stereocenters. The minimum absolute atomic E-state index is 0.0155. The van der Waals surface area contributed by atoms with Crippen LogP contribution in [0.3, 0.4) is 0 Å². The number of carbonyl (C=O) groups is 1. The predicted octanol–water partition coefficient (Wildman–Crippen LogP) is 1.74. The van der Waals surface area contributed by atoms with E-state index in [0.717, 1.165) is 0 Å². The molecule has 1 aromatic heterocycles. The third kappa shape index (κ3) is 2.38. The number of H-pyrrole nitrogens is 1. The number of nitro benzene ring substituents is 1. The zero-order valence-corrected chi connectivity index (χ0v) is 11.2. The average Bonchev–Trinajstić information content (AvgIpc) is 2.97. The van der Waals surface area contributed by atoms with Gasteiger partial charge in [0.1, 0.15) is 5.82 Å². The summed E-state index contributed by atoms with van der Waals surface area (Å²) < 4.78 is 0. The van der Waals surface area contributed by atoms with Crippen molar-refractivity contribution in [3.63, 3.8) is 0 Å². The summed E-state index contributed by atoms with van der Waals surface area (Å²) in [7, 11) is 0. The Balaban J connectivity index is 2.01. The van der Waals surface area contributed by atoms with E-state index in [1.807, 2.05) is 0 Å². The highest BCUT2D eigenvalue weighted by Crippen LogP contribution is 2.23. The van der Waals surface area contributed by atoms with Crippen molar-refractivity contribution in [2.75, 3.05) is 0 Å². The summed E-state index contributed by atoms with van der Waals surface area (Å²) in [6.45, 7) is 0. The molecule has 8 heteroatoms. The summed E-state index contributed by atoms with van der Waals surface area (Å²) in [5, 5.41) is 10.7. The van der Waals surface area contributed by atoms with E-state index < -0.39 is 10.8 Å². The summed E-state index contributed by atoms with van der Waals surface area (Å²) in [4.78, 5) is 29.2. The first-order chi connectivity index (χ1) is 10.6. The number of non-ortho nitro benzene ring substituents is 1. The van der Waals surface area contributed by atoms with Gasteiger partial charge in [-0.3, -0.25) is 20.3 Å². The number of aromatic nitrogens is 2. The van der Waals surface area contributed by atoms with Crippen LogP contribution in [0, 0.1) is 10.1 Å². The maximum atomic E-state index is 11.5. The molecule has 0 aliphatic rings. The summed E-state index contributed by atoms with van der Waals surface area (Å²) in [5.74, 6) is 5.27. The van der Waals surface area contributed by atoms with E-state index in [1.54, 1.807) is 30.3 Å². The number of fused-ring (bicyclic) bond motifs is 1. The molecule has 2 aromatic carbocycles. The van der Waals surface area contributed by atoms with Crippen molar-refractivity contribution in [3.8, 4) is 11.4 Å². The Bertz CT molecular complexity index is 870. The van der Waals surface area contributed by atoms with Crippen LogP contribution in [-0.4, -0.2) is 20.8 Å². The van der Waals surface area contributed by atoms with E-state index >= 15 is 0 Å². The number of hydrogen-bond acceptors (Lipinski definition) is 5. The number of nitrogens with zero attached hydrogens (tertiary/aromatic N) is 2. The molecular weight excluding hydrogens is 286 g/mol. The topological polar surface area (TPSA) is 127 Å². The third-order valence-electron chi connectivity index (χ3n) is 3.23. The predicted molar refractivity (Wildman–Crippen MR) is 79.8 cm³/mol. The van der Waals surface area contributed by atoms with E-state index in [2.05, 4.69) is 15.4 Å². The van der Waals surface area contributed by atoms with Crippen LogP contribution in [0.2, 0.25) is 0 Å². The van der Waals surface area contributed by atoms with Crippen molar-refractivity contribution in [2.45, 2.75) is 0 Å². The van der Waals surface area contributed by atoms with Crippen LogP contribution in [0.5, 0.6) is 0 Å². The van der Waals surface area contributed by atoms with Crippen molar-refractivity contribution < 1.29 is 9.72 Å². The minimum Gasteiger partial charge on any atom is -0.338 e. The normalized spacial score (nSPS) is 10.6. The molecule has 22 heavy (non-hydrogen) atoms. The van der Waals surface area contributed by atoms with Gasteiger partial charge < -0.3 is 4.98 Å². The number of rotatable bonds is 3. The number of aromatic amines is 1. The van der Waals surface area contributed by atoms with Gasteiger partial charge in [-0.25, -0.2) is 10.8 Å². The lowest BCUT2D eigenvalue weighted by Gasteiger charge is -1.98. The van der Waals surface area contributed by atoms with Crippen molar-refractivity contribution >= 4 is 22.6 Å². The molecule has 3 aromatic rings. The molecule has 0 spiro atoms. The Morgan fingerprint density at radius 2 is 1.95 bits per heavy atom. The molecular formula is C14H11N5O3. The first-order valence-corrected chi connectivity index (χ1v) is 6.34. The van der Waals surface area contributed by atoms with Gasteiger partial charge in [-0.05, 0) is 30.3 Å². The number of amides is 1. The molecule has 110 valence electrons. The molecule has 4 N–H and O–H groups in total. The molecule has 0 atom stereocenters. The van der Waals surface area contributed by atoms with Gasteiger partial charge in [-0.1, -0.05) is 0 Å². The quantitative estimate of drug-likeness (QED) is 0.294. The van der Waals surface area contributed by atoms with Crippen LogP contribution >= 0.6 is 0 Å². The largest absolute Gasteiger partial charge is 0.338 e. The van der Waals surface area contributed by atoms with Crippen LogP contribution in [0.1, 0.15) is 10.4 Å². The van der Waals surface area contributed by atoms with Crippen LogP contribution in [0.25, 0.3) is 22.4 Å². The lowest BCUT2D eigenvalue weighted by atomic mass is 10.2. The van der Waals surface area contributed by atoms with Gasteiger partial charge >= 0.3 is 0 Å². The Labute approximate surface area is 124 Å². The lowest BCUT2D eigenvalue weighted by molar-refractivity contribution is -0.384. The number of carbonyl (C=O) groups excluding carboxylic acids is 1. The maximum Gasteiger partial charge on any atom is 0.269 e.